The van der Waals surface area contributed by atoms with Crippen molar-refractivity contribution in [1.29, 1.82) is 0 Å². The third-order valence-electron chi connectivity index (χ3n) is 2.88. The molecule has 1 atom stereocenters. The fourth-order valence-corrected chi connectivity index (χ4v) is 1.94. The highest BCUT2D eigenvalue weighted by Crippen LogP contribution is 2.25. The van der Waals surface area contributed by atoms with Crippen LogP contribution in [0.2, 0.25) is 5.02 Å². The molecule has 96 valence electrons. The van der Waals surface area contributed by atoms with Gasteiger partial charge in [0.25, 0.3) is 0 Å². The van der Waals surface area contributed by atoms with Crippen molar-refractivity contribution >= 4 is 11.6 Å². The average Bonchev–Trinajstić information content (AvgIpc) is 2.62. The number of hydrogen-bond acceptors (Lipinski definition) is 2. The molecule has 0 amide bonds. The number of rotatable bonds is 2. The van der Waals surface area contributed by atoms with Gasteiger partial charge in [-0.1, -0.05) is 11.6 Å². The number of nitrogens with two attached hydrogens (primary N) is 1. The third-order valence-corrected chi connectivity index (χ3v) is 3.26. The molecule has 0 spiro atoms. The van der Waals surface area contributed by atoms with E-state index in [0.29, 0.717) is 16.1 Å². The van der Waals surface area contributed by atoms with Gasteiger partial charge in [-0.2, -0.15) is 5.10 Å². The van der Waals surface area contributed by atoms with Crippen molar-refractivity contribution in [2.24, 2.45) is 5.73 Å². The van der Waals surface area contributed by atoms with Crippen LogP contribution in [0.5, 0.6) is 0 Å². The molecule has 1 aromatic carbocycles. The maximum absolute atomic E-state index is 13.6. The molecule has 1 aromatic heterocycles. The first-order valence-corrected chi connectivity index (χ1v) is 6.05. The summed E-state index contributed by atoms with van der Waals surface area (Å²) in [5.41, 5.74) is 8.63. The largest absolute Gasteiger partial charge is 0.324 e. The zero-order chi connectivity index (χ0) is 13.4. The van der Waals surface area contributed by atoms with Crippen LogP contribution in [-0.2, 0) is 0 Å². The van der Waals surface area contributed by atoms with E-state index >= 15 is 0 Å². The molecule has 3 nitrogen and oxygen atoms in total. The topological polar surface area (TPSA) is 43.8 Å². The zero-order valence-electron chi connectivity index (χ0n) is 10.5. The number of benzene rings is 1. The lowest BCUT2D eigenvalue weighted by Crippen LogP contribution is -2.11. The van der Waals surface area contributed by atoms with Gasteiger partial charge in [0.1, 0.15) is 5.82 Å². The van der Waals surface area contributed by atoms with Crippen LogP contribution in [0, 0.1) is 19.7 Å². The van der Waals surface area contributed by atoms with Crippen molar-refractivity contribution in [3.05, 3.63) is 46.0 Å². The van der Waals surface area contributed by atoms with Crippen molar-refractivity contribution in [3.8, 4) is 5.69 Å². The third kappa shape index (κ3) is 2.26. The lowest BCUT2D eigenvalue weighted by molar-refractivity contribution is 0.611. The van der Waals surface area contributed by atoms with Crippen LogP contribution in [0.4, 0.5) is 4.39 Å². The number of halogens is 2. The second-order valence-electron chi connectivity index (χ2n) is 4.46. The molecule has 0 aliphatic rings. The molecule has 2 rings (SSSR count). The van der Waals surface area contributed by atoms with Crippen LogP contribution in [0.15, 0.2) is 18.3 Å². The summed E-state index contributed by atoms with van der Waals surface area (Å²) < 4.78 is 15.3. The van der Waals surface area contributed by atoms with Crippen LogP contribution in [0.3, 0.4) is 0 Å². The highest BCUT2D eigenvalue weighted by molar-refractivity contribution is 6.31. The molecule has 0 radical (unpaired) electrons. The fraction of sp³-hybridized carbons (Fsp3) is 0.308. The summed E-state index contributed by atoms with van der Waals surface area (Å²) in [5.74, 6) is -0.263. The molecule has 5 heteroatoms. The van der Waals surface area contributed by atoms with E-state index in [1.54, 1.807) is 23.9 Å². The van der Waals surface area contributed by atoms with Crippen molar-refractivity contribution in [3.63, 3.8) is 0 Å². The number of aromatic nitrogens is 2. The SMILES string of the molecule is Cc1cc(-n2cc(Cl)c(C)n2)c([C@H](C)N)cc1F. The van der Waals surface area contributed by atoms with Gasteiger partial charge in [-0.3, -0.25) is 0 Å². The summed E-state index contributed by atoms with van der Waals surface area (Å²) in [6.07, 6.45) is 1.70. The van der Waals surface area contributed by atoms with E-state index in [4.69, 9.17) is 17.3 Å². The molecule has 0 aliphatic heterocycles. The van der Waals surface area contributed by atoms with Crippen LogP contribution >= 0.6 is 11.6 Å². The molecule has 2 aromatic rings. The standard InChI is InChI=1S/C13H15ClFN3/c1-7-4-13(10(8(2)16)5-12(7)15)18-6-11(14)9(3)17-18/h4-6,8H,16H2,1-3H3/t8-/m0/s1. The minimum atomic E-state index is -0.279. The first-order chi connectivity index (χ1) is 8.40. The Morgan fingerprint density at radius 3 is 2.56 bits per heavy atom. The minimum absolute atomic E-state index is 0.263. The van der Waals surface area contributed by atoms with Gasteiger partial charge in [0, 0.05) is 12.2 Å². The molecule has 2 N–H and O–H groups in total. The summed E-state index contributed by atoms with van der Waals surface area (Å²) in [6, 6.07) is 2.91. The van der Waals surface area contributed by atoms with Crippen molar-refractivity contribution in [2.75, 3.05) is 0 Å². The Hall–Kier alpha value is -1.39. The highest BCUT2D eigenvalue weighted by Gasteiger charge is 2.14. The highest BCUT2D eigenvalue weighted by atomic mass is 35.5. The zero-order valence-corrected chi connectivity index (χ0v) is 11.3. The maximum atomic E-state index is 13.6. The summed E-state index contributed by atoms with van der Waals surface area (Å²) in [5, 5.41) is 4.88. The number of hydrogen-bond donors (Lipinski definition) is 1. The lowest BCUT2D eigenvalue weighted by Gasteiger charge is -2.14. The molecule has 18 heavy (non-hydrogen) atoms. The van der Waals surface area contributed by atoms with Gasteiger partial charge in [-0.25, -0.2) is 9.07 Å². The first kappa shape index (κ1) is 13.1. The first-order valence-electron chi connectivity index (χ1n) is 5.68. The minimum Gasteiger partial charge on any atom is -0.324 e. The van der Waals surface area contributed by atoms with Crippen LogP contribution < -0.4 is 5.73 Å². The summed E-state index contributed by atoms with van der Waals surface area (Å²) in [7, 11) is 0. The number of nitrogens with zero attached hydrogens (tertiary/aromatic N) is 2. The Kier molecular flexibility index (Phi) is 3.41. The quantitative estimate of drug-likeness (QED) is 0.907. The summed E-state index contributed by atoms with van der Waals surface area (Å²) in [4.78, 5) is 0. The van der Waals surface area contributed by atoms with Crippen molar-refractivity contribution in [1.82, 2.24) is 9.78 Å². The van der Waals surface area contributed by atoms with Gasteiger partial charge in [-0.05, 0) is 44.0 Å². The van der Waals surface area contributed by atoms with Gasteiger partial charge in [0.15, 0.2) is 0 Å². The van der Waals surface area contributed by atoms with E-state index in [1.807, 2.05) is 13.8 Å². The molecule has 0 aliphatic carbocycles. The van der Waals surface area contributed by atoms with E-state index in [2.05, 4.69) is 5.10 Å². The molecule has 0 unspecified atom stereocenters. The molecule has 0 saturated heterocycles. The molecule has 0 fully saturated rings. The Morgan fingerprint density at radius 2 is 2.06 bits per heavy atom. The second-order valence-corrected chi connectivity index (χ2v) is 4.86. The van der Waals surface area contributed by atoms with E-state index in [0.717, 1.165) is 11.4 Å². The van der Waals surface area contributed by atoms with E-state index in [9.17, 15) is 4.39 Å². The monoisotopic (exact) mass is 267 g/mol. The fourth-order valence-electron chi connectivity index (χ4n) is 1.81. The van der Waals surface area contributed by atoms with Crippen LogP contribution in [-0.4, -0.2) is 9.78 Å². The summed E-state index contributed by atoms with van der Waals surface area (Å²) >= 11 is 5.99. The van der Waals surface area contributed by atoms with E-state index in [1.165, 1.54) is 6.07 Å². The van der Waals surface area contributed by atoms with Crippen molar-refractivity contribution in [2.45, 2.75) is 26.8 Å². The second kappa shape index (κ2) is 4.71. The average molecular weight is 268 g/mol. The molecule has 1 heterocycles. The van der Waals surface area contributed by atoms with Crippen molar-refractivity contribution < 1.29 is 4.39 Å². The maximum Gasteiger partial charge on any atom is 0.126 e. The van der Waals surface area contributed by atoms with Gasteiger partial charge in [0.05, 0.1) is 16.4 Å². The van der Waals surface area contributed by atoms with E-state index < -0.39 is 0 Å². The predicted octanol–water partition coefficient (Wildman–Crippen LogP) is 3.30. The van der Waals surface area contributed by atoms with Gasteiger partial charge < -0.3 is 5.73 Å². The Labute approximate surface area is 110 Å². The summed E-state index contributed by atoms with van der Waals surface area (Å²) in [6.45, 7) is 5.34. The normalized spacial score (nSPS) is 12.8. The Balaban J connectivity index is 2.65. The smallest absolute Gasteiger partial charge is 0.126 e. The van der Waals surface area contributed by atoms with Crippen LogP contribution in [0.25, 0.3) is 5.69 Å². The molecule has 0 saturated carbocycles. The van der Waals surface area contributed by atoms with Gasteiger partial charge in [0.2, 0.25) is 0 Å². The van der Waals surface area contributed by atoms with E-state index in [-0.39, 0.29) is 11.9 Å². The number of aryl methyl sites for hydroxylation is 2. The Bertz CT molecular complexity index is 571. The van der Waals surface area contributed by atoms with Crippen LogP contribution in [0.1, 0.15) is 29.8 Å². The Morgan fingerprint density at radius 1 is 1.39 bits per heavy atom. The van der Waals surface area contributed by atoms with Gasteiger partial charge in [-0.15, -0.1) is 0 Å². The lowest BCUT2D eigenvalue weighted by atomic mass is 10.0. The predicted molar refractivity (Wildman–Crippen MR) is 70.6 cm³/mol. The molecular weight excluding hydrogens is 253 g/mol. The molecular formula is C13H15ClFN3. The van der Waals surface area contributed by atoms with Gasteiger partial charge >= 0.3 is 0 Å². The molecule has 0 bridgehead atoms.